The molecule has 2 heteroatoms. The molecule has 0 N–H and O–H groups in total. The Morgan fingerprint density at radius 1 is 1.09 bits per heavy atom. The first kappa shape index (κ1) is 14.0. The third kappa shape index (κ3) is 2.98. The fourth-order valence-electron chi connectivity index (χ4n) is 3.01. The van der Waals surface area contributed by atoms with Crippen LogP contribution in [0.15, 0.2) is 73.6 Å². The van der Waals surface area contributed by atoms with Gasteiger partial charge in [0.05, 0.1) is 0 Å². The van der Waals surface area contributed by atoms with Crippen LogP contribution >= 0.6 is 0 Å². The maximum Gasteiger partial charge on any atom is 0.140 e. The molecule has 0 atom stereocenters. The van der Waals surface area contributed by atoms with E-state index in [1.807, 2.05) is 18.5 Å². The van der Waals surface area contributed by atoms with E-state index in [-0.39, 0.29) is 0 Å². The van der Waals surface area contributed by atoms with Gasteiger partial charge in [0.2, 0.25) is 0 Å². The van der Waals surface area contributed by atoms with Crippen molar-refractivity contribution >= 4 is 5.57 Å². The average Bonchev–Trinajstić information content (AvgIpc) is 3.35. The topological polar surface area (TPSA) is 17.8 Å². The Bertz CT molecular complexity index is 826. The quantitative estimate of drug-likeness (QED) is 0.657. The van der Waals surface area contributed by atoms with E-state index in [1.54, 1.807) is 0 Å². The molecule has 1 aromatic heterocycles. The van der Waals surface area contributed by atoms with Crippen molar-refractivity contribution in [3.05, 3.63) is 96.1 Å². The molecule has 1 fully saturated rings. The molecule has 0 bridgehead atoms. The van der Waals surface area contributed by atoms with Crippen molar-refractivity contribution in [3.8, 4) is 0 Å². The predicted molar refractivity (Wildman–Crippen MR) is 94.3 cm³/mol. The summed E-state index contributed by atoms with van der Waals surface area (Å²) in [6.45, 7) is 5.12. The Morgan fingerprint density at radius 3 is 2.70 bits per heavy atom. The summed E-state index contributed by atoms with van der Waals surface area (Å²) in [5.74, 6) is 1.70. The van der Waals surface area contributed by atoms with Gasteiger partial charge in [-0.15, -0.1) is 0 Å². The molecule has 2 nitrogen and oxygen atoms in total. The van der Waals surface area contributed by atoms with E-state index in [2.05, 4.69) is 64.7 Å². The SMILES string of the molecule is C=C(c1cccc(C2CC2)c1)c1nccn1Cc1ccccc1. The molecule has 4 rings (SSSR count). The van der Waals surface area contributed by atoms with E-state index < -0.39 is 0 Å². The molecule has 0 amide bonds. The van der Waals surface area contributed by atoms with Gasteiger partial charge in [-0.05, 0) is 35.4 Å². The fraction of sp³-hybridized carbons (Fsp3) is 0.190. The lowest BCUT2D eigenvalue weighted by atomic mass is 10.0. The fourth-order valence-corrected chi connectivity index (χ4v) is 3.01. The molecular formula is C21H20N2. The van der Waals surface area contributed by atoms with Crippen molar-refractivity contribution in [2.45, 2.75) is 25.3 Å². The van der Waals surface area contributed by atoms with E-state index in [0.29, 0.717) is 0 Å². The van der Waals surface area contributed by atoms with Gasteiger partial charge in [-0.1, -0.05) is 61.2 Å². The van der Waals surface area contributed by atoms with Gasteiger partial charge in [0, 0.05) is 24.5 Å². The van der Waals surface area contributed by atoms with Gasteiger partial charge in [-0.25, -0.2) is 4.98 Å². The Hall–Kier alpha value is -2.61. The Morgan fingerprint density at radius 2 is 1.91 bits per heavy atom. The molecule has 1 aliphatic carbocycles. The van der Waals surface area contributed by atoms with Crippen LogP contribution in [0.3, 0.4) is 0 Å². The van der Waals surface area contributed by atoms with Crippen LogP contribution in [0.5, 0.6) is 0 Å². The standard InChI is InChI=1S/C21H20N2/c1-16(19-8-5-9-20(14-19)18-10-11-18)21-22-12-13-23(21)15-17-6-3-2-4-7-17/h2-9,12-14,18H,1,10-11,15H2. The predicted octanol–water partition coefficient (Wildman–Crippen LogP) is 4.87. The molecule has 0 saturated heterocycles. The Balaban J connectivity index is 1.62. The highest BCUT2D eigenvalue weighted by Gasteiger charge is 2.23. The minimum Gasteiger partial charge on any atom is -0.327 e. The molecule has 1 aliphatic rings. The summed E-state index contributed by atoms with van der Waals surface area (Å²) in [5.41, 5.74) is 4.87. The van der Waals surface area contributed by atoms with Gasteiger partial charge < -0.3 is 4.57 Å². The van der Waals surface area contributed by atoms with Crippen LogP contribution in [-0.4, -0.2) is 9.55 Å². The van der Waals surface area contributed by atoms with Crippen molar-refractivity contribution in [1.82, 2.24) is 9.55 Å². The lowest BCUT2D eigenvalue weighted by Gasteiger charge is -2.11. The Labute approximate surface area is 137 Å². The van der Waals surface area contributed by atoms with E-state index in [0.717, 1.165) is 23.9 Å². The van der Waals surface area contributed by atoms with Gasteiger partial charge in [0.25, 0.3) is 0 Å². The minimum atomic E-state index is 0.756. The molecular weight excluding hydrogens is 280 g/mol. The number of imidazole rings is 1. The zero-order valence-electron chi connectivity index (χ0n) is 13.2. The highest BCUT2D eigenvalue weighted by atomic mass is 15.1. The van der Waals surface area contributed by atoms with Gasteiger partial charge >= 0.3 is 0 Å². The third-order valence-electron chi connectivity index (χ3n) is 4.46. The van der Waals surface area contributed by atoms with Crippen LogP contribution < -0.4 is 0 Å². The molecule has 0 aliphatic heterocycles. The number of aromatic nitrogens is 2. The second-order valence-corrected chi connectivity index (χ2v) is 6.24. The van der Waals surface area contributed by atoms with Crippen LogP contribution in [0.2, 0.25) is 0 Å². The lowest BCUT2D eigenvalue weighted by Crippen LogP contribution is -2.04. The second kappa shape index (κ2) is 5.88. The normalized spacial score (nSPS) is 13.9. The highest BCUT2D eigenvalue weighted by molar-refractivity contribution is 5.75. The smallest absolute Gasteiger partial charge is 0.140 e. The number of benzene rings is 2. The van der Waals surface area contributed by atoms with Crippen molar-refractivity contribution in [1.29, 1.82) is 0 Å². The van der Waals surface area contributed by atoms with Crippen molar-refractivity contribution in [2.24, 2.45) is 0 Å². The molecule has 0 radical (unpaired) electrons. The first-order valence-corrected chi connectivity index (χ1v) is 8.16. The maximum atomic E-state index is 4.54. The average molecular weight is 300 g/mol. The number of nitrogens with zero attached hydrogens (tertiary/aromatic N) is 2. The monoisotopic (exact) mass is 300 g/mol. The molecule has 3 aromatic rings. The number of rotatable bonds is 5. The molecule has 1 saturated carbocycles. The molecule has 1 heterocycles. The van der Waals surface area contributed by atoms with Gasteiger partial charge in [0.1, 0.15) is 5.82 Å². The van der Waals surface area contributed by atoms with E-state index >= 15 is 0 Å². The van der Waals surface area contributed by atoms with E-state index in [1.165, 1.54) is 29.5 Å². The maximum absolute atomic E-state index is 4.54. The third-order valence-corrected chi connectivity index (χ3v) is 4.46. The highest BCUT2D eigenvalue weighted by Crippen LogP contribution is 2.40. The van der Waals surface area contributed by atoms with E-state index in [4.69, 9.17) is 0 Å². The zero-order chi connectivity index (χ0) is 15.6. The number of hydrogen-bond acceptors (Lipinski definition) is 1. The summed E-state index contributed by atoms with van der Waals surface area (Å²) in [6.07, 6.45) is 6.52. The largest absolute Gasteiger partial charge is 0.327 e. The van der Waals surface area contributed by atoms with Crippen LogP contribution in [0.25, 0.3) is 5.57 Å². The van der Waals surface area contributed by atoms with E-state index in [9.17, 15) is 0 Å². The second-order valence-electron chi connectivity index (χ2n) is 6.24. The lowest BCUT2D eigenvalue weighted by molar-refractivity contribution is 0.783. The van der Waals surface area contributed by atoms with Crippen LogP contribution in [0.4, 0.5) is 0 Å². The van der Waals surface area contributed by atoms with Gasteiger partial charge in [0.15, 0.2) is 0 Å². The summed E-state index contributed by atoms with van der Waals surface area (Å²) in [6, 6.07) is 19.2. The van der Waals surface area contributed by atoms with Gasteiger partial charge in [-0.3, -0.25) is 0 Å². The summed E-state index contributed by atoms with van der Waals surface area (Å²) in [4.78, 5) is 4.54. The van der Waals surface area contributed by atoms with Crippen LogP contribution in [-0.2, 0) is 6.54 Å². The molecule has 0 spiro atoms. The molecule has 2 aromatic carbocycles. The van der Waals surface area contributed by atoms with Crippen LogP contribution in [0, 0.1) is 0 Å². The first-order chi connectivity index (χ1) is 11.3. The summed E-state index contributed by atoms with van der Waals surface area (Å²) in [5, 5.41) is 0. The van der Waals surface area contributed by atoms with Gasteiger partial charge in [-0.2, -0.15) is 0 Å². The molecule has 114 valence electrons. The van der Waals surface area contributed by atoms with Crippen molar-refractivity contribution in [2.75, 3.05) is 0 Å². The molecule has 23 heavy (non-hydrogen) atoms. The summed E-state index contributed by atoms with van der Waals surface area (Å²) < 4.78 is 2.17. The minimum absolute atomic E-state index is 0.756. The van der Waals surface area contributed by atoms with Crippen LogP contribution in [0.1, 0.15) is 41.3 Å². The summed E-state index contributed by atoms with van der Waals surface area (Å²) >= 11 is 0. The Kier molecular flexibility index (Phi) is 3.58. The number of hydrogen-bond donors (Lipinski definition) is 0. The van der Waals surface area contributed by atoms with Crippen molar-refractivity contribution < 1.29 is 0 Å². The van der Waals surface area contributed by atoms with Crippen molar-refractivity contribution in [3.63, 3.8) is 0 Å². The molecule has 0 unspecified atom stereocenters. The summed E-state index contributed by atoms with van der Waals surface area (Å²) in [7, 11) is 0. The first-order valence-electron chi connectivity index (χ1n) is 8.16. The zero-order valence-corrected chi connectivity index (χ0v) is 13.2.